The number of carboxylic acid groups (broad SMARTS) is 1. The standard InChI is InChI=1S/C16H26N2O3/c1-10(2)18(3)8-4-7-17-15(19)13-11-5-6-12(9-11)14(13)16(20)21/h5-6,10-14H,4,7-9H2,1-3H3,(H,17,19)(H,20,21)/t11?,12?,13-,14+/m0/s1. The van der Waals surface area contributed by atoms with Crippen molar-refractivity contribution < 1.29 is 14.7 Å². The van der Waals surface area contributed by atoms with Crippen LogP contribution >= 0.6 is 0 Å². The van der Waals surface area contributed by atoms with Gasteiger partial charge in [-0.05, 0) is 52.1 Å². The molecule has 0 spiro atoms. The number of amides is 1. The topological polar surface area (TPSA) is 69.6 Å². The van der Waals surface area contributed by atoms with Gasteiger partial charge in [-0.15, -0.1) is 0 Å². The summed E-state index contributed by atoms with van der Waals surface area (Å²) in [7, 11) is 2.06. The molecule has 0 radical (unpaired) electrons. The second kappa shape index (κ2) is 6.60. The Labute approximate surface area is 126 Å². The van der Waals surface area contributed by atoms with Crippen LogP contribution in [0.4, 0.5) is 0 Å². The molecule has 2 aliphatic rings. The normalized spacial score (nSPS) is 30.3. The molecular weight excluding hydrogens is 268 g/mol. The fraction of sp³-hybridized carbons (Fsp3) is 0.750. The number of hydrogen-bond acceptors (Lipinski definition) is 3. The number of hydrogen-bond donors (Lipinski definition) is 2. The van der Waals surface area contributed by atoms with Crippen molar-refractivity contribution in [2.24, 2.45) is 23.7 Å². The molecular formula is C16H26N2O3. The Morgan fingerprint density at radius 3 is 2.48 bits per heavy atom. The number of nitrogens with zero attached hydrogens (tertiary/aromatic N) is 1. The van der Waals surface area contributed by atoms with Crippen LogP contribution in [-0.4, -0.2) is 48.1 Å². The van der Waals surface area contributed by atoms with Crippen LogP contribution in [0.1, 0.15) is 26.7 Å². The van der Waals surface area contributed by atoms with E-state index in [4.69, 9.17) is 0 Å². The van der Waals surface area contributed by atoms with Crippen LogP contribution in [0.25, 0.3) is 0 Å². The summed E-state index contributed by atoms with van der Waals surface area (Å²) >= 11 is 0. The second-order valence-electron chi connectivity index (χ2n) is 6.56. The maximum Gasteiger partial charge on any atom is 0.307 e. The van der Waals surface area contributed by atoms with Crippen LogP contribution in [0.5, 0.6) is 0 Å². The van der Waals surface area contributed by atoms with Crippen molar-refractivity contribution in [1.82, 2.24) is 10.2 Å². The van der Waals surface area contributed by atoms with Gasteiger partial charge in [0.15, 0.2) is 0 Å². The summed E-state index contributed by atoms with van der Waals surface area (Å²) in [6, 6.07) is 0.493. The Kier molecular flexibility index (Phi) is 5.04. The first-order valence-electron chi connectivity index (χ1n) is 7.81. The fourth-order valence-electron chi connectivity index (χ4n) is 3.43. The molecule has 1 saturated carbocycles. The van der Waals surface area contributed by atoms with Gasteiger partial charge in [0.25, 0.3) is 0 Å². The highest BCUT2D eigenvalue weighted by atomic mass is 16.4. The van der Waals surface area contributed by atoms with Crippen molar-refractivity contribution >= 4 is 11.9 Å². The highest BCUT2D eigenvalue weighted by Crippen LogP contribution is 2.48. The second-order valence-corrected chi connectivity index (χ2v) is 6.56. The van der Waals surface area contributed by atoms with Gasteiger partial charge in [0, 0.05) is 12.6 Å². The molecule has 5 nitrogen and oxygen atoms in total. The predicted molar refractivity (Wildman–Crippen MR) is 80.7 cm³/mol. The number of fused-ring (bicyclic) bond motifs is 2. The van der Waals surface area contributed by atoms with E-state index in [0.29, 0.717) is 12.6 Å². The van der Waals surface area contributed by atoms with Crippen molar-refractivity contribution in [3.63, 3.8) is 0 Å². The van der Waals surface area contributed by atoms with Gasteiger partial charge in [0.1, 0.15) is 0 Å². The molecule has 0 aliphatic heterocycles. The lowest BCUT2D eigenvalue weighted by Gasteiger charge is -2.24. The fourth-order valence-corrected chi connectivity index (χ4v) is 3.43. The van der Waals surface area contributed by atoms with Crippen LogP contribution < -0.4 is 5.32 Å². The predicted octanol–water partition coefficient (Wildman–Crippen LogP) is 1.36. The average molecular weight is 294 g/mol. The first-order valence-corrected chi connectivity index (χ1v) is 7.81. The Hall–Kier alpha value is -1.36. The zero-order valence-corrected chi connectivity index (χ0v) is 13.1. The first-order chi connectivity index (χ1) is 9.91. The van der Waals surface area contributed by atoms with Crippen molar-refractivity contribution in [2.75, 3.05) is 20.1 Å². The molecule has 2 bridgehead atoms. The molecule has 0 aromatic heterocycles. The molecule has 1 fully saturated rings. The summed E-state index contributed by atoms with van der Waals surface area (Å²) in [6.07, 6.45) is 5.67. The Morgan fingerprint density at radius 1 is 1.29 bits per heavy atom. The molecule has 0 aromatic carbocycles. The van der Waals surface area contributed by atoms with Crippen molar-refractivity contribution in [1.29, 1.82) is 0 Å². The lowest BCUT2D eigenvalue weighted by Crippen LogP contribution is -2.41. The van der Waals surface area contributed by atoms with Crippen molar-refractivity contribution in [3.8, 4) is 0 Å². The number of aliphatic carboxylic acids is 1. The van der Waals surface area contributed by atoms with Gasteiger partial charge in [0.2, 0.25) is 5.91 Å². The molecule has 4 atom stereocenters. The molecule has 0 aromatic rings. The molecule has 5 heteroatoms. The minimum Gasteiger partial charge on any atom is -0.481 e. The van der Waals surface area contributed by atoms with Crippen LogP contribution in [-0.2, 0) is 9.59 Å². The van der Waals surface area contributed by atoms with Crippen LogP contribution in [0.15, 0.2) is 12.2 Å². The number of nitrogens with one attached hydrogen (secondary N) is 1. The summed E-state index contributed by atoms with van der Waals surface area (Å²) in [5, 5.41) is 12.3. The SMILES string of the molecule is CC(C)N(C)CCCNC(=O)[C@H]1C2C=CC(C2)[C@H]1C(=O)O. The third-order valence-corrected chi connectivity index (χ3v) is 4.92. The summed E-state index contributed by atoms with van der Waals surface area (Å²) in [6.45, 7) is 5.81. The van der Waals surface area contributed by atoms with Gasteiger partial charge in [0.05, 0.1) is 11.8 Å². The highest BCUT2D eigenvalue weighted by molar-refractivity contribution is 5.86. The Balaban J connectivity index is 1.81. The van der Waals surface area contributed by atoms with E-state index in [9.17, 15) is 14.7 Å². The highest BCUT2D eigenvalue weighted by Gasteiger charge is 2.51. The van der Waals surface area contributed by atoms with Crippen molar-refractivity contribution in [2.45, 2.75) is 32.7 Å². The number of allylic oxidation sites excluding steroid dienone is 2. The molecule has 0 heterocycles. The van der Waals surface area contributed by atoms with E-state index in [0.717, 1.165) is 19.4 Å². The van der Waals surface area contributed by atoms with E-state index in [1.54, 1.807) is 0 Å². The molecule has 1 amide bonds. The van der Waals surface area contributed by atoms with Gasteiger partial charge < -0.3 is 15.3 Å². The molecule has 2 unspecified atom stereocenters. The molecule has 2 N–H and O–H groups in total. The number of carboxylic acids is 1. The summed E-state index contributed by atoms with van der Waals surface area (Å²) in [5.74, 6) is -1.72. The third kappa shape index (κ3) is 3.46. The maximum absolute atomic E-state index is 12.3. The van der Waals surface area contributed by atoms with Crippen molar-refractivity contribution in [3.05, 3.63) is 12.2 Å². The zero-order chi connectivity index (χ0) is 15.6. The third-order valence-electron chi connectivity index (χ3n) is 4.92. The monoisotopic (exact) mass is 294 g/mol. The molecule has 118 valence electrons. The average Bonchev–Trinajstić information content (AvgIpc) is 3.03. The molecule has 0 saturated heterocycles. The number of carbonyl (C=O) groups excluding carboxylic acids is 1. The Bertz CT molecular complexity index is 433. The summed E-state index contributed by atoms with van der Waals surface area (Å²) < 4.78 is 0. The number of carbonyl (C=O) groups is 2. The first kappa shape index (κ1) is 16.0. The largest absolute Gasteiger partial charge is 0.481 e. The molecule has 2 aliphatic carbocycles. The van der Waals surface area contributed by atoms with Gasteiger partial charge >= 0.3 is 5.97 Å². The molecule has 21 heavy (non-hydrogen) atoms. The molecule has 2 rings (SSSR count). The lowest BCUT2D eigenvalue weighted by molar-refractivity contribution is -0.147. The van der Waals surface area contributed by atoms with E-state index >= 15 is 0 Å². The van der Waals surface area contributed by atoms with E-state index < -0.39 is 11.9 Å². The van der Waals surface area contributed by atoms with Crippen LogP contribution in [0, 0.1) is 23.7 Å². The van der Waals surface area contributed by atoms with E-state index in [1.807, 2.05) is 12.2 Å². The number of rotatable bonds is 7. The minimum absolute atomic E-state index is 0.0373. The Morgan fingerprint density at radius 2 is 1.90 bits per heavy atom. The quantitative estimate of drug-likeness (QED) is 0.549. The lowest BCUT2D eigenvalue weighted by atomic mass is 9.82. The van der Waals surface area contributed by atoms with Gasteiger partial charge in [-0.3, -0.25) is 9.59 Å². The maximum atomic E-state index is 12.3. The summed E-state index contributed by atoms with van der Waals surface area (Å²) in [4.78, 5) is 25.9. The minimum atomic E-state index is -0.841. The van der Waals surface area contributed by atoms with E-state index in [1.165, 1.54) is 0 Å². The van der Waals surface area contributed by atoms with Crippen LogP contribution in [0.2, 0.25) is 0 Å². The van der Waals surface area contributed by atoms with Gasteiger partial charge in [-0.2, -0.15) is 0 Å². The van der Waals surface area contributed by atoms with Gasteiger partial charge in [-0.25, -0.2) is 0 Å². The van der Waals surface area contributed by atoms with E-state index in [-0.39, 0.29) is 23.7 Å². The van der Waals surface area contributed by atoms with Crippen LogP contribution in [0.3, 0.4) is 0 Å². The smallest absolute Gasteiger partial charge is 0.307 e. The summed E-state index contributed by atoms with van der Waals surface area (Å²) in [5.41, 5.74) is 0. The van der Waals surface area contributed by atoms with Gasteiger partial charge in [-0.1, -0.05) is 12.2 Å². The van der Waals surface area contributed by atoms with E-state index in [2.05, 4.69) is 31.1 Å². The zero-order valence-electron chi connectivity index (χ0n) is 13.1.